The fraction of sp³-hybridized carbons (Fsp3) is 0.500. The Kier molecular flexibility index (Phi) is 14.5. The summed E-state index contributed by atoms with van der Waals surface area (Å²) >= 11 is 0. The second-order valence-electron chi connectivity index (χ2n) is 9.76. The molecule has 0 spiro atoms. The molecule has 0 saturated heterocycles. The number of aromatic hydroxyl groups is 1. The zero-order valence-electron chi connectivity index (χ0n) is 22.2. The number of carbonyl (C=O) groups is 1. The number of hydrogen-bond acceptors (Lipinski definition) is 5. The molecule has 6 atom stereocenters. The molecule has 0 aliphatic carbocycles. The number of ether oxygens (including phenoxy) is 1. The van der Waals surface area contributed by atoms with Gasteiger partial charge in [0, 0.05) is 18.3 Å². The molecule has 0 aliphatic heterocycles. The third kappa shape index (κ3) is 12.2. The van der Waals surface area contributed by atoms with E-state index in [2.05, 4.69) is 18.7 Å². The quantitative estimate of drug-likeness (QED) is 0.169. The highest BCUT2D eigenvalue weighted by molar-refractivity contribution is 5.64. The molecule has 1 aromatic carbocycles. The van der Waals surface area contributed by atoms with Gasteiger partial charge in [-0.1, -0.05) is 81.5 Å². The van der Waals surface area contributed by atoms with Gasteiger partial charge < -0.3 is 25.8 Å². The number of phenolic OH excluding ortho intramolecular Hbond substituents is 1. The van der Waals surface area contributed by atoms with Crippen LogP contribution in [0.4, 0.5) is 4.79 Å². The molecule has 0 radical (unpaired) electrons. The smallest absolute Gasteiger partial charge is 0.404 e. The Morgan fingerprint density at radius 1 is 1.14 bits per heavy atom. The lowest BCUT2D eigenvalue weighted by Crippen LogP contribution is -2.37. The summed E-state index contributed by atoms with van der Waals surface area (Å²) in [5.74, 6) is -0.126. The normalized spacial score (nSPS) is 17.4. The standard InChI is InChI=1S/C30H45NO5/c1-6-7-9-17-28(36-30(31)35)24(5)29(34)23(4)19-21(2)18-22(3)27(33)16-11-8-10-13-25-14-12-15-26(32)20-25/h6-9,11-12,14-15,18,20,22-24,27-29,32-34H,1,10,13,16-17,19H2,2-5H3,(H2,31,35)/b9-7-,11-8-,21-18-/t22-,23-,24+,27-,28-,29+/m0/s1. The van der Waals surface area contributed by atoms with Crippen molar-refractivity contribution in [3.63, 3.8) is 0 Å². The molecular weight excluding hydrogens is 454 g/mol. The number of aliphatic hydroxyl groups is 2. The average molecular weight is 500 g/mol. The summed E-state index contributed by atoms with van der Waals surface area (Å²) in [7, 11) is 0. The maximum absolute atomic E-state index is 11.3. The Labute approximate surface area is 216 Å². The van der Waals surface area contributed by atoms with Crippen molar-refractivity contribution in [2.24, 2.45) is 23.5 Å². The minimum atomic E-state index is -0.856. The molecule has 6 nitrogen and oxygen atoms in total. The third-order valence-corrected chi connectivity index (χ3v) is 6.47. The fourth-order valence-corrected chi connectivity index (χ4v) is 4.35. The van der Waals surface area contributed by atoms with E-state index in [-0.39, 0.29) is 23.5 Å². The van der Waals surface area contributed by atoms with Crippen LogP contribution in [0.1, 0.15) is 58.9 Å². The van der Waals surface area contributed by atoms with Gasteiger partial charge in [0.1, 0.15) is 11.9 Å². The van der Waals surface area contributed by atoms with E-state index >= 15 is 0 Å². The Morgan fingerprint density at radius 2 is 1.86 bits per heavy atom. The number of rotatable bonds is 16. The van der Waals surface area contributed by atoms with Crippen LogP contribution in [0.2, 0.25) is 0 Å². The molecular formula is C30H45NO5. The van der Waals surface area contributed by atoms with Crippen LogP contribution in [-0.2, 0) is 11.2 Å². The molecule has 0 aromatic heterocycles. The van der Waals surface area contributed by atoms with Crippen LogP contribution in [-0.4, -0.2) is 39.7 Å². The first kappa shape index (κ1) is 31.2. The van der Waals surface area contributed by atoms with Crippen molar-refractivity contribution in [3.8, 4) is 5.75 Å². The van der Waals surface area contributed by atoms with Gasteiger partial charge in [-0.2, -0.15) is 0 Å². The SMILES string of the molecule is C=C/C=C\C[C@H](OC(N)=O)[C@@H](C)[C@H](O)[C@@H](C)C/C(C)=C\[C@H](C)[C@@H](O)C/C=C\CCc1cccc(O)c1. The molecule has 0 saturated carbocycles. The number of amides is 1. The first-order valence-electron chi connectivity index (χ1n) is 12.7. The summed E-state index contributed by atoms with van der Waals surface area (Å²) in [5.41, 5.74) is 7.40. The Bertz CT molecular complexity index is 891. The van der Waals surface area contributed by atoms with Crippen LogP contribution in [0, 0.1) is 17.8 Å². The summed E-state index contributed by atoms with van der Waals surface area (Å²) in [6.07, 6.45) is 12.1. The van der Waals surface area contributed by atoms with Gasteiger partial charge in [-0.15, -0.1) is 0 Å². The van der Waals surface area contributed by atoms with Crippen molar-refractivity contribution in [1.29, 1.82) is 0 Å². The molecule has 6 heteroatoms. The van der Waals surface area contributed by atoms with Gasteiger partial charge in [0.15, 0.2) is 0 Å². The zero-order valence-corrected chi connectivity index (χ0v) is 22.2. The second kappa shape index (κ2) is 16.8. The highest BCUT2D eigenvalue weighted by Gasteiger charge is 2.30. The van der Waals surface area contributed by atoms with E-state index in [1.165, 1.54) is 0 Å². The molecule has 0 heterocycles. The third-order valence-electron chi connectivity index (χ3n) is 6.47. The van der Waals surface area contributed by atoms with Crippen LogP contribution < -0.4 is 5.73 Å². The summed E-state index contributed by atoms with van der Waals surface area (Å²) in [6.45, 7) is 11.4. The first-order chi connectivity index (χ1) is 17.0. The highest BCUT2D eigenvalue weighted by Crippen LogP contribution is 2.26. The highest BCUT2D eigenvalue weighted by atomic mass is 16.6. The molecule has 36 heavy (non-hydrogen) atoms. The maximum atomic E-state index is 11.3. The largest absolute Gasteiger partial charge is 0.508 e. The van der Waals surface area contributed by atoms with Gasteiger partial charge in [0.05, 0.1) is 12.2 Å². The van der Waals surface area contributed by atoms with Gasteiger partial charge >= 0.3 is 6.09 Å². The van der Waals surface area contributed by atoms with E-state index in [9.17, 15) is 20.1 Å². The maximum Gasteiger partial charge on any atom is 0.404 e. The van der Waals surface area contributed by atoms with E-state index in [1.807, 2.05) is 52.0 Å². The topological polar surface area (TPSA) is 113 Å². The van der Waals surface area contributed by atoms with Crippen molar-refractivity contribution >= 4 is 6.09 Å². The Morgan fingerprint density at radius 3 is 2.50 bits per heavy atom. The van der Waals surface area contributed by atoms with Gasteiger partial charge in [-0.25, -0.2) is 4.79 Å². The minimum Gasteiger partial charge on any atom is -0.508 e. The van der Waals surface area contributed by atoms with E-state index in [4.69, 9.17) is 10.5 Å². The van der Waals surface area contributed by atoms with Crippen LogP contribution in [0.15, 0.2) is 72.9 Å². The van der Waals surface area contributed by atoms with Crippen LogP contribution in [0.5, 0.6) is 5.75 Å². The zero-order chi connectivity index (χ0) is 27.1. The summed E-state index contributed by atoms with van der Waals surface area (Å²) in [6, 6.07) is 7.25. The predicted octanol–water partition coefficient (Wildman–Crippen LogP) is 5.83. The van der Waals surface area contributed by atoms with Gasteiger partial charge in [-0.3, -0.25) is 0 Å². The first-order valence-corrected chi connectivity index (χ1v) is 12.7. The van der Waals surface area contributed by atoms with Crippen molar-refractivity contribution < 1.29 is 24.9 Å². The lowest BCUT2D eigenvalue weighted by atomic mass is 9.84. The predicted molar refractivity (Wildman–Crippen MR) is 146 cm³/mol. The molecule has 1 amide bonds. The average Bonchev–Trinajstić information content (AvgIpc) is 2.81. The molecule has 5 N–H and O–H groups in total. The van der Waals surface area contributed by atoms with Crippen molar-refractivity contribution in [2.75, 3.05) is 0 Å². The number of benzene rings is 1. The van der Waals surface area contributed by atoms with E-state index in [0.717, 1.165) is 24.0 Å². The number of phenols is 1. The van der Waals surface area contributed by atoms with Crippen LogP contribution in [0.3, 0.4) is 0 Å². The summed E-state index contributed by atoms with van der Waals surface area (Å²) in [5, 5.41) is 31.0. The number of hydrogen-bond donors (Lipinski definition) is 4. The van der Waals surface area contributed by atoms with Gasteiger partial charge in [0.2, 0.25) is 0 Å². The van der Waals surface area contributed by atoms with E-state index in [1.54, 1.807) is 24.3 Å². The molecule has 0 unspecified atom stereocenters. The number of aliphatic hydroxyl groups excluding tert-OH is 2. The Hall–Kier alpha value is -2.83. The monoisotopic (exact) mass is 499 g/mol. The summed E-state index contributed by atoms with van der Waals surface area (Å²) < 4.78 is 5.24. The minimum absolute atomic E-state index is 0.0301. The van der Waals surface area contributed by atoms with E-state index < -0.39 is 24.4 Å². The Balaban J connectivity index is 2.56. The van der Waals surface area contributed by atoms with Crippen LogP contribution >= 0.6 is 0 Å². The lowest BCUT2D eigenvalue weighted by Gasteiger charge is -2.30. The number of primary amides is 1. The number of carbonyl (C=O) groups excluding carboxylic acids is 1. The van der Waals surface area contributed by atoms with Gasteiger partial charge in [-0.05, 0) is 56.2 Å². The number of nitrogens with two attached hydrogens (primary N) is 1. The van der Waals surface area contributed by atoms with Gasteiger partial charge in [0.25, 0.3) is 0 Å². The van der Waals surface area contributed by atoms with Crippen LogP contribution in [0.25, 0.3) is 0 Å². The molecule has 0 aliphatic rings. The van der Waals surface area contributed by atoms with Crippen molar-refractivity contribution in [3.05, 3.63) is 78.4 Å². The molecule has 0 bridgehead atoms. The van der Waals surface area contributed by atoms with Crippen molar-refractivity contribution in [1.82, 2.24) is 0 Å². The molecule has 1 aromatic rings. The molecule has 1 rings (SSSR count). The fourth-order valence-electron chi connectivity index (χ4n) is 4.35. The molecule has 0 fully saturated rings. The number of allylic oxidation sites excluding steroid dienone is 4. The van der Waals surface area contributed by atoms with Crippen molar-refractivity contribution in [2.45, 2.75) is 78.1 Å². The second-order valence-corrected chi connectivity index (χ2v) is 9.76. The molecule has 200 valence electrons. The van der Waals surface area contributed by atoms with E-state index in [0.29, 0.717) is 19.3 Å². The number of aryl methyl sites for hydroxylation is 1. The lowest BCUT2D eigenvalue weighted by molar-refractivity contribution is -0.0116. The summed E-state index contributed by atoms with van der Waals surface area (Å²) in [4.78, 5) is 11.3.